The lowest BCUT2D eigenvalue weighted by Gasteiger charge is -2.35. The molecule has 2 amide bonds. The zero-order chi connectivity index (χ0) is 18.3. The topological polar surface area (TPSA) is 80.0 Å². The average molecular weight is 362 g/mol. The van der Waals surface area contributed by atoms with Gasteiger partial charge in [0.1, 0.15) is 0 Å². The third-order valence-electron chi connectivity index (χ3n) is 4.98. The van der Waals surface area contributed by atoms with Crippen molar-refractivity contribution in [2.24, 2.45) is 0 Å². The van der Waals surface area contributed by atoms with Crippen molar-refractivity contribution in [3.05, 3.63) is 35.2 Å². The summed E-state index contributed by atoms with van der Waals surface area (Å²) in [5.41, 5.74) is 3.06. The van der Waals surface area contributed by atoms with Crippen LogP contribution in [0.25, 0.3) is 11.4 Å². The van der Waals surface area contributed by atoms with Gasteiger partial charge in [0.2, 0.25) is 11.7 Å². The highest BCUT2D eigenvalue weighted by Gasteiger charge is 2.46. The molecule has 0 saturated heterocycles. The molecule has 1 heterocycles. The van der Waals surface area contributed by atoms with Crippen molar-refractivity contribution in [1.29, 1.82) is 0 Å². The van der Waals surface area contributed by atoms with Gasteiger partial charge in [-0.2, -0.15) is 4.98 Å². The molecule has 0 radical (unpaired) electrons. The SMILES string of the molecule is CCc1nc(-c2ccc3c(c2)CC[C@H]3NC(=O)NC2CC(F)(F)C2)no1. The van der Waals surface area contributed by atoms with Crippen LogP contribution in [0.3, 0.4) is 0 Å². The molecule has 8 heteroatoms. The van der Waals surface area contributed by atoms with E-state index in [4.69, 9.17) is 4.52 Å². The van der Waals surface area contributed by atoms with Gasteiger partial charge in [-0.3, -0.25) is 0 Å². The molecule has 4 rings (SSSR count). The quantitative estimate of drug-likeness (QED) is 0.874. The number of fused-ring (bicyclic) bond motifs is 1. The summed E-state index contributed by atoms with van der Waals surface area (Å²) in [6.07, 6.45) is 1.73. The molecule has 0 spiro atoms. The predicted octanol–water partition coefficient (Wildman–Crippen LogP) is 3.38. The number of aromatic nitrogens is 2. The summed E-state index contributed by atoms with van der Waals surface area (Å²) in [5.74, 6) is -1.48. The van der Waals surface area contributed by atoms with Crippen molar-refractivity contribution in [3.8, 4) is 11.4 Å². The number of alkyl halides is 2. The van der Waals surface area contributed by atoms with Crippen molar-refractivity contribution in [3.63, 3.8) is 0 Å². The highest BCUT2D eigenvalue weighted by atomic mass is 19.3. The van der Waals surface area contributed by atoms with E-state index in [1.165, 1.54) is 0 Å². The van der Waals surface area contributed by atoms with E-state index in [2.05, 4.69) is 20.8 Å². The summed E-state index contributed by atoms with van der Waals surface area (Å²) in [7, 11) is 0. The minimum absolute atomic E-state index is 0.115. The van der Waals surface area contributed by atoms with Gasteiger partial charge in [-0.05, 0) is 30.0 Å². The largest absolute Gasteiger partial charge is 0.339 e. The van der Waals surface area contributed by atoms with Crippen molar-refractivity contribution in [2.45, 2.75) is 57.0 Å². The summed E-state index contributed by atoms with van der Waals surface area (Å²) in [6, 6.07) is 4.94. The van der Waals surface area contributed by atoms with E-state index in [-0.39, 0.29) is 18.9 Å². The van der Waals surface area contributed by atoms with E-state index in [1.807, 2.05) is 25.1 Å². The van der Waals surface area contributed by atoms with Crippen LogP contribution in [0.4, 0.5) is 13.6 Å². The molecule has 2 aliphatic rings. The van der Waals surface area contributed by atoms with Gasteiger partial charge in [-0.15, -0.1) is 0 Å². The fraction of sp³-hybridized carbons (Fsp3) is 0.500. The van der Waals surface area contributed by atoms with Crippen LogP contribution in [0, 0.1) is 0 Å². The van der Waals surface area contributed by atoms with Crippen molar-refractivity contribution < 1.29 is 18.1 Å². The Morgan fingerprint density at radius 1 is 1.35 bits per heavy atom. The summed E-state index contributed by atoms with van der Waals surface area (Å²) in [4.78, 5) is 16.4. The number of benzene rings is 1. The Bertz CT molecular complexity index is 828. The Balaban J connectivity index is 1.40. The first kappa shape index (κ1) is 16.9. The molecular weight excluding hydrogens is 342 g/mol. The monoisotopic (exact) mass is 362 g/mol. The van der Waals surface area contributed by atoms with Crippen LogP contribution in [0.15, 0.2) is 22.7 Å². The molecule has 1 saturated carbocycles. The molecule has 2 N–H and O–H groups in total. The minimum Gasteiger partial charge on any atom is -0.339 e. The van der Waals surface area contributed by atoms with Crippen molar-refractivity contribution >= 4 is 6.03 Å². The number of carbonyl (C=O) groups is 1. The maximum Gasteiger partial charge on any atom is 0.315 e. The molecule has 0 bridgehead atoms. The normalized spacial score (nSPS) is 21.1. The Morgan fingerprint density at radius 3 is 2.85 bits per heavy atom. The third-order valence-corrected chi connectivity index (χ3v) is 4.98. The van der Waals surface area contributed by atoms with Gasteiger partial charge in [0.05, 0.1) is 6.04 Å². The summed E-state index contributed by atoms with van der Waals surface area (Å²) >= 11 is 0. The van der Waals surface area contributed by atoms with Crippen LogP contribution in [0.1, 0.15) is 49.2 Å². The fourth-order valence-corrected chi connectivity index (χ4v) is 3.57. The number of carbonyl (C=O) groups excluding carboxylic acids is 1. The molecule has 6 nitrogen and oxygen atoms in total. The Morgan fingerprint density at radius 2 is 2.15 bits per heavy atom. The van der Waals surface area contributed by atoms with Crippen LogP contribution in [-0.4, -0.2) is 28.1 Å². The first-order valence-corrected chi connectivity index (χ1v) is 8.84. The third kappa shape index (κ3) is 3.27. The standard InChI is InChI=1S/C18H20F2N4O2/c1-2-15-23-16(24-26-15)11-3-5-13-10(7-11)4-6-14(13)22-17(25)21-12-8-18(19,20)9-12/h3,5,7,12,14H,2,4,6,8-9H2,1H3,(H2,21,22,25)/t14-/m1/s1. The predicted molar refractivity (Wildman–Crippen MR) is 89.8 cm³/mol. The van der Waals surface area contributed by atoms with E-state index in [0.29, 0.717) is 18.1 Å². The highest BCUT2D eigenvalue weighted by molar-refractivity contribution is 5.75. The van der Waals surface area contributed by atoms with Gasteiger partial charge in [0.15, 0.2) is 0 Å². The number of nitrogens with zero attached hydrogens (tertiary/aromatic N) is 2. The maximum absolute atomic E-state index is 12.9. The lowest BCUT2D eigenvalue weighted by atomic mass is 9.88. The average Bonchev–Trinajstić information content (AvgIpc) is 3.20. The lowest BCUT2D eigenvalue weighted by Crippen LogP contribution is -2.53. The number of rotatable bonds is 4. The second-order valence-electron chi connectivity index (χ2n) is 6.95. The van der Waals surface area contributed by atoms with Crippen LogP contribution < -0.4 is 10.6 Å². The lowest BCUT2D eigenvalue weighted by molar-refractivity contribution is -0.0896. The Labute approximate surface area is 149 Å². The Kier molecular flexibility index (Phi) is 4.13. The molecular formula is C18H20F2N4O2. The van der Waals surface area contributed by atoms with Gasteiger partial charge in [-0.1, -0.05) is 24.2 Å². The minimum atomic E-state index is -2.64. The first-order chi connectivity index (χ1) is 12.4. The van der Waals surface area contributed by atoms with Gasteiger partial charge in [0, 0.05) is 30.9 Å². The van der Waals surface area contributed by atoms with E-state index < -0.39 is 18.0 Å². The molecule has 1 atom stereocenters. The van der Waals surface area contributed by atoms with Crippen molar-refractivity contribution in [1.82, 2.24) is 20.8 Å². The van der Waals surface area contributed by atoms with Gasteiger partial charge in [-0.25, -0.2) is 13.6 Å². The molecule has 1 aromatic heterocycles. The zero-order valence-corrected chi connectivity index (χ0v) is 14.4. The smallest absolute Gasteiger partial charge is 0.315 e. The molecule has 138 valence electrons. The van der Waals surface area contributed by atoms with Gasteiger partial charge in [0.25, 0.3) is 5.92 Å². The molecule has 1 aromatic carbocycles. The molecule has 0 unspecified atom stereocenters. The molecule has 2 aliphatic carbocycles. The number of aryl methyl sites for hydroxylation is 2. The molecule has 26 heavy (non-hydrogen) atoms. The van der Waals surface area contributed by atoms with Crippen molar-refractivity contribution in [2.75, 3.05) is 0 Å². The van der Waals surface area contributed by atoms with E-state index in [1.54, 1.807) is 0 Å². The van der Waals surface area contributed by atoms with E-state index in [0.717, 1.165) is 29.5 Å². The highest BCUT2D eigenvalue weighted by Crippen LogP contribution is 2.37. The van der Waals surface area contributed by atoms with Gasteiger partial charge < -0.3 is 15.2 Å². The van der Waals surface area contributed by atoms with Crippen LogP contribution in [0.5, 0.6) is 0 Å². The van der Waals surface area contributed by atoms with E-state index in [9.17, 15) is 13.6 Å². The number of urea groups is 1. The number of nitrogens with one attached hydrogen (secondary N) is 2. The van der Waals surface area contributed by atoms with Crippen LogP contribution in [-0.2, 0) is 12.8 Å². The first-order valence-electron chi connectivity index (χ1n) is 8.84. The van der Waals surface area contributed by atoms with Crippen LogP contribution >= 0.6 is 0 Å². The molecule has 1 fully saturated rings. The maximum atomic E-state index is 12.9. The second-order valence-corrected chi connectivity index (χ2v) is 6.95. The number of hydrogen-bond donors (Lipinski definition) is 2. The van der Waals surface area contributed by atoms with Gasteiger partial charge >= 0.3 is 6.03 Å². The Hall–Kier alpha value is -2.51. The van der Waals surface area contributed by atoms with E-state index >= 15 is 0 Å². The van der Waals surface area contributed by atoms with Crippen LogP contribution in [0.2, 0.25) is 0 Å². The number of halogens is 2. The molecule has 0 aliphatic heterocycles. The number of hydrogen-bond acceptors (Lipinski definition) is 4. The second kappa shape index (κ2) is 6.34. The fourth-order valence-electron chi connectivity index (χ4n) is 3.57. The summed E-state index contributed by atoms with van der Waals surface area (Å²) < 4.78 is 30.9. The number of amides is 2. The summed E-state index contributed by atoms with van der Waals surface area (Å²) in [5, 5.41) is 9.49. The summed E-state index contributed by atoms with van der Waals surface area (Å²) in [6.45, 7) is 1.95. The molecule has 2 aromatic rings. The zero-order valence-electron chi connectivity index (χ0n) is 14.4.